The smallest absolute Gasteiger partial charge is 0.338 e. The number of carbonyl (C=O) groups excluding carboxylic acids is 1. The zero-order chi connectivity index (χ0) is 15.5. The fourth-order valence-electron chi connectivity index (χ4n) is 2.10. The summed E-state index contributed by atoms with van der Waals surface area (Å²) in [4.78, 5) is 16.0. The van der Waals surface area contributed by atoms with Crippen molar-refractivity contribution in [3.05, 3.63) is 53.6 Å². The first kappa shape index (κ1) is 14.3. The van der Waals surface area contributed by atoms with Gasteiger partial charge < -0.3 is 15.2 Å². The summed E-state index contributed by atoms with van der Waals surface area (Å²) >= 11 is 1.31. The third-order valence-electron chi connectivity index (χ3n) is 3.13. The Morgan fingerprint density at radius 3 is 2.77 bits per heavy atom. The number of methoxy groups -OCH3 is 1. The maximum absolute atomic E-state index is 11.8. The second-order valence-electron chi connectivity index (χ2n) is 4.64. The lowest BCUT2D eigenvalue weighted by Gasteiger charge is -2.08. The summed E-state index contributed by atoms with van der Waals surface area (Å²) in [6.45, 7) is 0.387. The number of aromatic nitrogens is 1. The standard InChI is InChI=1S/C16H14N2O3S/c1-20-15(19)11-7-12(14-13(8-11)22-16(17)18-14)21-9-10-5-3-2-4-6-10/h2-8H,9H2,1H3,(H2,17,18). The number of nitrogen functional groups attached to an aromatic ring is 1. The van der Waals surface area contributed by atoms with Gasteiger partial charge >= 0.3 is 5.97 Å². The number of rotatable bonds is 4. The highest BCUT2D eigenvalue weighted by atomic mass is 32.1. The summed E-state index contributed by atoms with van der Waals surface area (Å²) in [5.41, 5.74) is 7.87. The van der Waals surface area contributed by atoms with Crippen LogP contribution in [0.2, 0.25) is 0 Å². The van der Waals surface area contributed by atoms with Crippen molar-refractivity contribution >= 4 is 32.7 Å². The van der Waals surface area contributed by atoms with Crippen molar-refractivity contribution in [1.82, 2.24) is 4.98 Å². The van der Waals surface area contributed by atoms with E-state index in [4.69, 9.17) is 15.2 Å². The minimum Gasteiger partial charge on any atom is -0.487 e. The summed E-state index contributed by atoms with van der Waals surface area (Å²) in [6.07, 6.45) is 0. The second-order valence-corrected chi connectivity index (χ2v) is 5.70. The third-order valence-corrected chi connectivity index (χ3v) is 3.97. The SMILES string of the molecule is COC(=O)c1cc(OCc2ccccc2)c2nc(N)sc2c1. The number of ether oxygens (including phenoxy) is 2. The number of nitrogens with zero attached hydrogens (tertiary/aromatic N) is 1. The van der Waals surface area contributed by atoms with E-state index in [1.807, 2.05) is 30.3 Å². The van der Waals surface area contributed by atoms with E-state index in [2.05, 4.69) is 4.98 Å². The summed E-state index contributed by atoms with van der Waals surface area (Å²) < 4.78 is 11.4. The Balaban J connectivity index is 1.97. The van der Waals surface area contributed by atoms with E-state index in [9.17, 15) is 4.79 Å². The number of thiazole rings is 1. The molecule has 0 aliphatic heterocycles. The molecule has 3 aromatic rings. The highest BCUT2D eigenvalue weighted by Crippen LogP contribution is 2.33. The van der Waals surface area contributed by atoms with E-state index in [0.29, 0.717) is 28.6 Å². The molecule has 0 fully saturated rings. The van der Waals surface area contributed by atoms with Crippen LogP contribution < -0.4 is 10.5 Å². The number of carbonyl (C=O) groups is 1. The van der Waals surface area contributed by atoms with Gasteiger partial charge in [-0.25, -0.2) is 9.78 Å². The van der Waals surface area contributed by atoms with E-state index in [-0.39, 0.29) is 0 Å². The maximum Gasteiger partial charge on any atom is 0.338 e. The van der Waals surface area contributed by atoms with Crippen molar-refractivity contribution in [3.63, 3.8) is 0 Å². The van der Waals surface area contributed by atoms with E-state index in [1.54, 1.807) is 12.1 Å². The summed E-state index contributed by atoms with van der Waals surface area (Å²) in [7, 11) is 1.35. The van der Waals surface area contributed by atoms with Gasteiger partial charge in [-0.2, -0.15) is 0 Å². The second kappa shape index (κ2) is 6.03. The van der Waals surface area contributed by atoms with Gasteiger partial charge in [-0.05, 0) is 17.7 Å². The first-order valence-electron chi connectivity index (χ1n) is 6.62. The Hall–Kier alpha value is -2.60. The zero-order valence-corrected chi connectivity index (χ0v) is 12.7. The van der Waals surface area contributed by atoms with Crippen LogP contribution in [0.1, 0.15) is 15.9 Å². The average Bonchev–Trinajstić information content (AvgIpc) is 2.93. The van der Waals surface area contributed by atoms with E-state index < -0.39 is 5.97 Å². The Morgan fingerprint density at radius 1 is 1.27 bits per heavy atom. The highest BCUT2D eigenvalue weighted by Gasteiger charge is 2.15. The molecule has 0 bridgehead atoms. The molecule has 1 heterocycles. The molecule has 0 amide bonds. The molecule has 5 nitrogen and oxygen atoms in total. The predicted octanol–water partition coefficient (Wildman–Crippen LogP) is 3.24. The van der Waals surface area contributed by atoms with Crippen LogP contribution in [0.4, 0.5) is 5.13 Å². The van der Waals surface area contributed by atoms with Crippen LogP contribution in [0, 0.1) is 0 Å². The first-order valence-corrected chi connectivity index (χ1v) is 7.44. The normalized spacial score (nSPS) is 10.6. The van der Waals surface area contributed by atoms with Crippen molar-refractivity contribution in [2.24, 2.45) is 0 Å². The van der Waals surface area contributed by atoms with Crippen molar-refractivity contribution in [2.75, 3.05) is 12.8 Å². The molecule has 0 aliphatic rings. The Morgan fingerprint density at radius 2 is 2.05 bits per heavy atom. The number of hydrogen-bond acceptors (Lipinski definition) is 6. The number of fused-ring (bicyclic) bond motifs is 1. The highest BCUT2D eigenvalue weighted by molar-refractivity contribution is 7.22. The lowest BCUT2D eigenvalue weighted by molar-refractivity contribution is 0.0600. The number of nitrogens with two attached hydrogens (primary N) is 1. The maximum atomic E-state index is 11.8. The van der Waals surface area contributed by atoms with Gasteiger partial charge in [0, 0.05) is 0 Å². The molecule has 0 spiro atoms. The molecule has 0 atom stereocenters. The molecule has 0 saturated carbocycles. The van der Waals surface area contributed by atoms with Crippen molar-refractivity contribution in [3.8, 4) is 5.75 Å². The molecule has 3 rings (SSSR count). The van der Waals surface area contributed by atoms with E-state index in [1.165, 1.54) is 18.4 Å². The van der Waals surface area contributed by atoms with Crippen LogP contribution in [0.25, 0.3) is 10.2 Å². The molecule has 22 heavy (non-hydrogen) atoms. The molecule has 1 aromatic heterocycles. The number of hydrogen-bond donors (Lipinski definition) is 1. The lowest BCUT2D eigenvalue weighted by atomic mass is 10.2. The van der Waals surface area contributed by atoms with Gasteiger partial charge in [0.15, 0.2) is 5.13 Å². The van der Waals surface area contributed by atoms with Crippen molar-refractivity contribution < 1.29 is 14.3 Å². The van der Waals surface area contributed by atoms with E-state index in [0.717, 1.165) is 10.3 Å². The topological polar surface area (TPSA) is 74.4 Å². The van der Waals surface area contributed by atoms with Crippen LogP contribution in [0.3, 0.4) is 0 Å². The van der Waals surface area contributed by atoms with Crippen LogP contribution >= 0.6 is 11.3 Å². The van der Waals surface area contributed by atoms with Gasteiger partial charge in [-0.15, -0.1) is 0 Å². The molecule has 6 heteroatoms. The monoisotopic (exact) mass is 314 g/mol. The van der Waals surface area contributed by atoms with E-state index >= 15 is 0 Å². The minimum atomic E-state index is -0.418. The summed E-state index contributed by atoms with van der Waals surface area (Å²) in [5.74, 6) is 0.105. The Bertz CT molecular complexity index is 815. The molecular formula is C16H14N2O3S. The zero-order valence-electron chi connectivity index (χ0n) is 11.9. The molecule has 112 valence electrons. The number of esters is 1. The van der Waals surface area contributed by atoms with Crippen LogP contribution in [0.5, 0.6) is 5.75 Å². The molecule has 0 unspecified atom stereocenters. The third kappa shape index (κ3) is 2.87. The number of anilines is 1. The van der Waals surface area contributed by atoms with Crippen LogP contribution in [0.15, 0.2) is 42.5 Å². The summed E-state index contributed by atoms with van der Waals surface area (Å²) in [5, 5.41) is 0.432. The molecule has 0 radical (unpaired) electrons. The quantitative estimate of drug-likeness (QED) is 0.748. The van der Waals surface area contributed by atoms with Gasteiger partial charge in [0.05, 0.1) is 17.4 Å². The largest absolute Gasteiger partial charge is 0.487 e. The lowest BCUT2D eigenvalue weighted by Crippen LogP contribution is -2.03. The molecule has 0 aliphatic carbocycles. The first-order chi connectivity index (χ1) is 10.7. The average molecular weight is 314 g/mol. The van der Waals surface area contributed by atoms with Crippen molar-refractivity contribution in [2.45, 2.75) is 6.61 Å². The molecule has 0 saturated heterocycles. The fourth-order valence-corrected chi connectivity index (χ4v) is 2.89. The van der Waals surface area contributed by atoms with Crippen LogP contribution in [-0.4, -0.2) is 18.1 Å². The predicted molar refractivity (Wildman–Crippen MR) is 86.1 cm³/mol. The van der Waals surface area contributed by atoms with Crippen LogP contribution in [-0.2, 0) is 11.3 Å². The van der Waals surface area contributed by atoms with Gasteiger partial charge in [0.1, 0.15) is 17.9 Å². The Kier molecular flexibility index (Phi) is 3.93. The van der Waals surface area contributed by atoms with Gasteiger partial charge in [0.25, 0.3) is 0 Å². The number of benzene rings is 2. The molecular weight excluding hydrogens is 300 g/mol. The van der Waals surface area contributed by atoms with Gasteiger partial charge in [0.2, 0.25) is 0 Å². The van der Waals surface area contributed by atoms with Crippen molar-refractivity contribution in [1.29, 1.82) is 0 Å². The molecule has 2 aromatic carbocycles. The minimum absolute atomic E-state index is 0.387. The molecule has 2 N–H and O–H groups in total. The summed E-state index contributed by atoms with van der Waals surface area (Å²) in [6, 6.07) is 13.1. The van der Waals surface area contributed by atoms with Gasteiger partial charge in [-0.3, -0.25) is 0 Å². The Labute approximate surface area is 131 Å². The fraction of sp³-hybridized carbons (Fsp3) is 0.125. The van der Waals surface area contributed by atoms with Gasteiger partial charge in [-0.1, -0.05) is 41.7 Å².